The fourth-order valence-corrected chi connectivity index (χ4v) is 2.23. The van der Waals surface area contributed by atoms with Gasteiger partial charge in [-0.2, -0.15) is 5.26 Å². The Hall–Kier alpha value is -2.84. The van der Waals surface area contributed by atoms with E-state index in [9.17, 15) is 10.1 Å². The summed E-state index contributed by atoms with van der Waals surface area (Å²) in [6, 6.07) is 12.5. The van der Waals surface area contributed by atoms with Crippen LogP contribution in [0.2, 0.25) is 5.02 Å². The van der Waals surface area contributed by atoms with Gasteiger partial charge in [-0.3, -0.25) is 4.79 Å². The van der Waals surface area contributed by atoms with Gasteiger partial charge in [-0.1, -0.05) is 23.7 Å². The lowest BCUT2D eigenvalue weighted by Gasteiger charge is -2.06. The summed E-state index contributed by atoms with van der Waals surface area (Å²) < 4.78 is 0. The standard InChI is InChI=1S/C15H9ClN4O/c16-9-3-1-8(2-4-9)12-6-5-10-13(19-12)11(7-17)14(18)20-15(10)21/h1-6H,(H3,18,20,21). The van der Waals surface area contributed by atoms with Gasteiger partial charge >= 0.3 is 0 Å². The smallest absolute Gasteiger partial charge is 0.259 e. The Morgan fingerprint density at radius 1 is 1.19 bits per heavy atom. The van der Waals surface area contributed by atoms with Crippen molar-refractivity contribution in [2.45, 2.75) is 0 Å². The molecule has 0 saturated carbocycles. The zero-order chi connectivity index (χ0) is 15.0. The van der Waals surface area contributed by atoms with E-state index in [1.807, 2.05) is 18.2 Å². The number of nitrogens with two attached hydrogens (primary N) is 1. The number of hydrogen-bond donors (Lipinski definition) is 2. The third-order valence-corrected chi connectivity index (χ3v) is 3.40. The maximum Gasteiger partial charge on any atom is 0.259 e. The molecule has 0 aliphatic carbocycles. The number of halogens is 1. The lowest BCUT2D eigenvalue weighted by molar-refractivity contribution is 1.25. The SMILES string of the molecule is N#Cc1c(N)[nH]c(=O)c2ccc(-c3ccc(Cl)cc3)nc12. The van der Waals surface area contributed by atoms with Gasteiger partial charge in [0.05, 0.1) is 16.6 Å². The first kappa shape index (κ1) is 13.2. The minimum absolute atomic E-state index is 0.0238. The molecular formula is C15H9ClN4O. The molecule has 3 rings (SSSR count). The molecule has 2 aromatic heterocycles. The maximum absolute atomic E-state index is 11.9. The number of nitrogens with one attached hydrogen (secondary N) is 1. The average molecular weight is 297 g/mol. The molecule has 0 atom stereocenters. The van der Waals surface area contributed by atoms with Crippen LogP contribution < -0.4 is 11.3 Å². The second kappa shape index (κ2) is 4.93. The van der Waals surface area contributed by atoms with Crippen molar-refractivity contribution < 1.29 is 0 Å². The van der Waals surface area contributed by atoms with Gasteiger partial charge in [-0.25, -0.2) is 4.98 Å². The van der Waals surface area contributed by atoms with Gasteiger partial charge in [0, 0.05) is 10.6 Å². The number of anilines is 1. The average Bonchev–Trinajstić information content (AvgIpc) is 2.48. The van der Waals surface area contributed by atoms with Crippen LogP contribution in [0.3, 0.4) is 0 Å². The highest BCUT2D eigenvalue weighted by atomic mass is 35.5. The summed E-state index contributed by atoms with van der Waals surface area (Å²) >= 11 is 5.86. The van der Waals surface area contributed by atoms with E-state index in [1.165, 1.54) is 0 Å². The quantitative estimate of drug-likeness (QED) is 0.721. The van der Waals surface area contributed by atoms with Crippen molar-refractivity contribution in [3.05, 3.63) is 57.3 Å². The van der Waals surface area contributed by atoms with Crippen molar-refractivity contribution in [3.8, 4) is 17.3 Å². The van der Waals surface area contributed by atoms with Crippen LogP contribution in [0.1, 0.15) is 5.56 Å². The van der Waals surface area contributed by atoms with Crippen molar-refractivity contribution >= 4 is 28.3 Å². The number of aromatic amines is 1. The number of nitrogens with zero attached hydrogens (tertiary/aromatic N) is 2. The highest BCUT2D eigenvalue weighted by Crippen LogP contribution is 2.24. The summed E-state index contributed by atoms with van der Waals surface area (Å²) in [7, 11) is 0. The zero-order valence-corrected chi connectivity index (χ0v) is 11.5. The van der Waals surface area contributed by atoms with Crippen LogP contribution >= 0.6 is 11.6 Å². The Bertz CT molecular complexity index is 939. The van der Waals surface area contributed by atoms with Gasteiger partial charge in [0.2, 0.25) is 0 Å². The van der Waals surface area contributed by atoms with Crippen LogP contribution in [-0.4, -0.2) is 9.97 Å². The Balaban J connectivity index is 2.31. The molecule has 0 fully saturated rings. The van der Waals surface area contributed by atoms with Crippen molar-refractivity contribution in [1.29, 1.82) is 5.26 Å². The third-order valence-electron chi connectivity index (χ3n) is 3.15. The summed E-state index contributed by atoms with van der Waals surface area (Å²) in [5.74, 6) is 0.0238. The van der Waals surface area contributed by atoms with E-state index >= 15 is 0 Å². The third kappa shape index (κ3) is 2.22. The van der Waals surface area contributed by atoms with Gasteiger partial charge in [-0.05, 0) is 24.3 Å². The summed E-state index contributed by atoms with van der Waals surface area (Å²) in [5, 5.41) is 10.2. The molecule has 0 radical (unpaired) electrons. The molecule has 3 N–H and O–H groups in total. The molecule has 0 unspecified atom stereocenters. The van der Waals surface area contributed by atoms with E-state index in [2.05, 4.69) is 9.97 Å². The maximum atomic E-state index is 11.9. The van der Waals surface area contributed by atoms with Gasteiger partial charge in [0.1, 0.15) is 17.5 Å². The van der Waals surface area contributed by atoms with Crippen LogP contribution in [0.4, 0.5) is 5.82 Å². The number of hydrogen-bond acceptors (Lipinski definition) is 4. The number of rotatable bonds is 1. The van der Waals surface area contributed by atoms with E-state index < -0.39 is 0 Å². The molecule has 21 heavy (non-hydrogen) atoms. The summed E-state index contributed by atoms with van der Waals surface area (Å²) in [6.45, 7) is 0. The predicted molar refractivity (Wildman–Crippen MR) is 81.9 cm³/mol. The van der Waals surface area contributed by atoms with Gasteiger partial charge in [0.15, 0.2) is 0 Å². The largest absolute Gasteiger partial charge is 0.384 e. The highest BCUT2D eigenvalue weighted by molar-refractivity contribution is 6.30. The molecule has 0 aliphatic rings. The van der Waals surface area contributed by atoms with E-state index in [1.54, 1.807) is 24.3 Å². The zero-order valence-electron chi connectivity index (χ0n) is 10.7. The van der Waals surface area contributed by atoms with Crippen LogP contribution in [-0.2, 0) is 0 Å². The Morgan fingerprint density at radius 2 is 1.90 bits per heavy atom. The molecule has 0 spiro atoms. The van der Waals surface area contributed by atoms with Crippen LogP contribution in [0.5, 0.6) is 0 Å². The van der Waals surface area contributed by atoms with Crippen molar-refractivity contribution in [2.75, 3.05) is 5.73 Å². The van der Waals surface area contributed by atoms with E-state index in [4.69, 9.17) is 17.3 Å². The van der Waals surface area contributed by atoms with Crippen molar-refractivity contribution in [2.24, 2.45) is 0 Å². The van der Waals surface area contributed by atoms with Crippen molar-refractivity contribution in [3.63, 3.8) is 0 Å². The van der Waals surface area contributed by atoms with Crippen LogP contribution in [0.15, 0.2) is 41.2 Å². The predicted octanol–water partition coefficient (Wildman–Crippen LogP) is 2.70. The highest BCUT2D eigenvalue weighted by Gasteiger charge is 2.12. The van der Waals surface area contributed by atoms with Crippen LogP contribution in [0, 0.1) is 11.3 Å². The Morgan fingerprint density at radius 3 is 2.57 bits per heavy atom. The molecule has 0 aliphatic heterocycles. The number of benzene rings is 1. The minimum atomic E-state index is -0.364. The Kier molecular flexibility index (Phi) is 3.09. The number of nitriles is 1. The first-order valence-corrected chi connectivity index (χ1v) is 6.46. The first-order chi connectivity index (χ1) is 10.1. The molecule has 102 valence electrons. The van der Waals surface area contributed by atoms with Crippen molar-refractivity contribution in [1.82, 2.24) is 9.97 Å². The molecule has 0 bridgehead atoms. The monoisotopic (exact) mass is 296 g/mol. The topological polar surface area (TPSA) is 95.6 Å². The molecule has 1 aromatic carbocycles. The van der Waals surface area contributed by atoms with Gasteiger partial charge < -0.3 is 10.7 Å². The molecule has 3 aromatic rings. The summed E-state index contributed by atoms with van der Waals surface area (Å²) in [4.78, 5) is 18.7. The molecule has 2 heterocycles. The molecular weight excluding hydrogens is 288 g/mol. The normalized spacial score (nSPS) is 10.5. The second-order valence-corrected chi connectivity index (χ2v) is 4.89. The fraction of sp³-hybridized carbons (Fsp3) is 0. The molecule has 0 saturated heterocycles. The summed E-state index contributed by atoms with van der Waals surface area (Å²) in [5.41, 5.74) is 7.25. The number of H-pyrrole nitrogens is 1. The number of pyridine rings is 2. The summed E-state index contributed by atoms with van der Waals surface area (Å²) in [6.07, 6.45) is 0. The van der Waals surface area contributed by atoms with E-state index in [0.717, 1.165) is 5.56 Å². The Labute approximate surface area is 124 Å². The number of aromatic nitrogens is 2. The molecule has 0 amide bonds. The molecule has 6 heteroatoms. The lowest BCUT2D eigenvalue weighted by Crippen LogP contribution is -2.12. The lowest BCUT2D eigenvalue weighted by atomic mass is 10.1. The van der Waals surface area contributed by atoms with E-state index in [0.29, 0.717) is 21.6 Å². The van der Waals surface area contributed by atoms with Crippen LogP contribution in [0.25, 0.3) is 22.2 Å². The first-order valence-electron chi connectivity index (χ1n) is 6.08. The van der Waals surface area contributed by atoms with E-state index in [-0.39, 0.29) is 16.9 Å². The second-order valence-electron chi connectivity index (χ2n) is 4.45. The number of fused-ring (bicyclic) bond motifs is 1. The fourth-order valence-electron chi connectivity index (χ4n) is 2.11. The number of nitrogen functional groups attached to an aromatic ring is 1. The molecule has 5 nitrogen and oxygen atoms in total. The van der Waals surface area contributed by atoms with Gasteiger partial charge in [0.25, 0.3) is 5.56 Å². The minimum Gasteiger partial charge on any atom is -0.384 e. The van der Waals surface area contributed by atoms with Gasteiger partial charge in [-0.15, -0.1) is 0 Å².